The molecule has 0 heterocycles. The molecule has 16 heavy (non-hydrogen) atoms. The maximum Gasteiger partial charge on any atom is 0.123 e. The van der Waals surface area contributed by atoms with Crippen molar-refractivity contribution < 1.29 is 4.74 Å². The van der Waals surface area contributed by atoms with Crippen molar-refractivity contribution in [1.29, 1.82) is 0 Å². The molecule has 0 bridgehead atoms. The van der Waals surface area contributed by atoms with Crippen molar-refractivity contribution in [3.8, 4) is 5.75 Å². The van der Waals surface area contributed by atoms with Crippen molar-refractivity contribution in [3.63, 3.8) is 0 Å². The van der Waals surface area contributed by atoms with Gasteiger partial charge in [-0.25, -0.2) is 0 Å². The first kappa shape index (κ1) is 13.0. The summed E-state index contributed by atoms with van der Waals surface area (Å²) in [6, 6.07) is 8.12. The minimum absolute atomic E-state index is 0.863. The lowest BCUT2D eigenvalue weighted by atomic mass is 10.2. The number of rotatable bonds is 7. The van der Waals surface area contributed by atoms with Crippen LogP contribution in [0.25, 0.3) is 0 Å². The molecule has 0 spiro atoms. The Morgan fingerprint density at radius 3 is 2.75 bits per heavy atom. The second-order valence-electron chi connectivity index (χ2n) is 3.88. The van der Waals surface area contributed by atoms with Crippen LogP contribution in [0.2, 0.25) is 0 Å². The van der Waals surface area contributed by atoms with Gasteiger partial charge in [-0.3, -0.25) is 0 Å². The second-order valence-corrected chi connectivity index (χ2v) is 3.88. The molecule has 0 atom stereocenters. The largest absolute Gasteiger partial charge is 0.496 e. The van der Waals surface area contributed by atoms with Gasteiger partial charge in [-0.2, -0.15) is 0 Å². The number of likely N-dealkylation sites (N-methyl/N-ethyl adjacent to an activating group) is 1. The van der Waals surface area contributed by atoms with E-state index in [2.05, 4.69) is 30.3 Å². The minimum Gasteiger partial charge on any atom is -0.496 e. The molecule has 0 aromatic heterocycles. The maximum absolute atomic E-state index is 5.29. The van der Waals surface area contributed by atoms with Crippen molar-refractivity contribution in [2.45, 2.75) is 13.5 Å². The van der Waals surface area contributed by atoms with Crippen LogP contribution < -0.4 is 10.1 Å². The Kier molecular flexibility index (Phi) is 5.90. The molecule has 90 valence electrons. The summed E-state index contributed by atoms with van der Waals surface area (Å²) in [5.41, 5.74) is 1.21. The van der Waals surface area contributed by atoms with E-state index in [9.17, 15) is 0 Å². The molecule has 3 heteroatoms. The Labute approximate surface area is 98.4 Å². The zero-order valence-electron chi connectivity index (χ0n) is 10.5. The molecular formula is C13H22N2O. The van der Waals surface area contributed by atoms with Gasteiger partial charge in [0.2, 0.25) is 0 Å². The van der Waals surface area contributed by atoms with Gasteiger partial charge in [0, 0.05) is 25.2 Å². The number of benzene rings is 1. The van der Waals surface area contributed by atoms with Gasteiger partial charge in [-0.1, -0.05) is 25.1 Å². The van der Waals surface area contributed by atoms with Crippen LogP contribution in [-0.2, 0) is 6.54 Å². The average molecular weight is 222 g/mol. The molecule has 1 aromatic carbocycles. The van der Waals surface area contributed by atoms with Crippen molar-refractivity contribution >= 4 is 0 Å². The van der Waals surface area contributed by atoms with Gasteiger partial charge in [0.15, 0.2) is 0 Å². The van der Waals surface area contributed by atoms with Gasteiger partial charge < -0.3 is 15.0 Å². The summed E-state index contributed by atoms with van der Waals surface area (Å²) >= 11 is 0. The molecule has 0 amide bonds. The summed E-state index contributed by atoms with van der Waals surface area (Å²) in [7, 11) is 3.84. The number of methoxy groups -OCH3 is 1. The quantitative estimate of drug-likeness (QED) is 0.711. The molecule has 3 nitrogen and oxygen atoms in total. The van der Waals surface area contributed by atoms with E-state index in [1.807, 2.05) is 18.2 Å². The molecule has 0 unspecified atom stereocenters. The van der Waals surface area contributed by atoms with Crippen LogP contribution in [-0.4, -0.2) is 38.7 Å². The van der Waals surface area contributed by atoms with Gasteiger partial charge in [-0.15, -0.1) is 0 Å². The van der Waals surface area contributed by atoms with E-state index >= 15 is 0 Å². The average Bonchev–Trinajstić information content (AvgIpc) is 2.34. The normalized spacial score (nSPS) is 10.8. The van der Waals surface area contributed by atoms with E-state index in [0.717, 1.165) is 31.9 Å². The lowest BCUT2D eigenvalue weighted by Gasteiger charge is -2.14. The molecule has 1 N–H and O–H groups in total. The van der Waals surface area contributed by atoms with Crippen LogP contribution in [0.3, 0.4) is 0 Å². The van der Waals surface area contributed by atoms with Crippen molar-refractivity contribution in [2.24, 2.45) is 0 Å². The first-order chi connectivity index (χ1) is 7.77. The van der Waals surface area contributed by atoms with Gasteiger partial charge in [0.05, 0.1) is 7.11 Å². The number of nitrogens with one attached hydrogen (secondary N) is 1. The minimum atomic E-state index is 0.863. The van der Waals surface area contributed by atoms with Gasteiger partial charge in [0.1, 0.15) is 5.75 Å². The third kappa shape index (κ3) is 4.21. The molecule has 0 radical (unpaired) electrons. The van der Waals surface area contributed by atoms with Crippen molar-refractivity contribution in [3.05, 3.63) is 29.8 Å². The highest BCUT2D eigenvalue weighted by Gasteiger charge is 2.00. The van der Waals surface area contributed by atoms with E-state index in [1.165, 1.54) is 5.56 Å². The predicted octanol–water partition coefficient (Wildman–Crippen LogP) is 1.74. The SMILES string of the molecule is CCN(C)CCNCc1ccccc1OC. The second kappa shape index (κ2) is 7.25. The summed E-state index contributed by atoms with van der Waals surface area (Å²) in [6.45, 7) is 6.20. The number of ether oxygens (including phenoxy) is 1. The van der Waals surface area contributed by atoms with Crippen LogP contribution in [0.1, 0.15) is 12.5 Å². The summed E-state index contributed by atoms with van der Waals surface area (Å²) in [4.78, 5) is 2.29. The Hall–Kier alpha value is -1.06. The fraction of sp³-hybridized carbons (Fsp3) is 0.538. The molecule has 0 saturated carbocycles. The highest BCUT2D eigenvalue weighted by molar-refractivity contribution is 5.32. The van der Waals surface area contributed by atoms with E-state index in [4.69, 9.17) is 4.74 Å². The summed E-state index contributed by atoms with van der Waals surface area (Å²) in [5.74, 6) is 0.957. The number of nitrogens with zero attached hydrogens (tertiary/aromatic N) is 1. The molecule has 0 saturated heterocycles. The fourth-order valence-electron chi connectivity index (χ4n) is 1.50. The van der Waals surface area contributed by atoms with E-state index in [-0.39, 0.29) is 0 Å². The molecule has 0 aliphatic carbocycles. The molecule has 0 aliphatic rings. The van der Waals surface area contributed by atoms with Crippen LogP contribution in [0.4, 0.5) is 0 Å². The van der Waals surface area contributed by atoms with Crippen molar-refractivity contribution in [1.82, 2.24) is 10.2 Å². The van der Waals surface area contributed by atoms with Gasteiger partial charge in [-0.05, 0) is 19.7 Å². The van der Waals surface area contributed by atoms with Crippen molar-refractivity contribution in [2.75, 3.05) is 33.8 Å². The Morgan fingerprint density at radius 1 is 1.31 bits per heavy atom. The third-order valence-electron chi connectivity index (χ3n) is 2.72. The molecule has 1 rings (SSSR count). The first-order valence-electron chi connectivity index (χ1n) is 5.79. The zero-order valence-corrected chi connectivity index (χ0v) is 10.5. The van der Waals surface area contributed by atoms with Crippen LogP contribution in [0.15, 0.2) is 24.3 Å². The van der Waals surface area contributed by atoms with E-state index in [0.29, 0.717) is 0 Å². The lowest BCUT2D eigenvalue weighted by molar-refractivity contribution is 0.347. The molecule has 0 aliphatic heterocycles. The van der Waals surface area contributed by atoms with Crippen LogP contribution in [0.5, 0.6) is 5.75 Å². The highest BCUT2D eigenvalue weighted by Crippen LogP contribution is 2.16. The standard InChI is InChI=1S/C13H22N2O/c1-4-15(2)10-9-14-11-12-7-5-6-8-13(12)16-3/h5-8,14H,4,9-11H2,1-3H3. The predicted molar refractivity (Wildman–Crippen MR) is 67.9 cm³/mol. The topological polar surface area (TPSA) is 24.5 Å². The summed E-state index contributed by atoms with van der Waals surface area (Å²) < 4.78 is 5.29. The first-order valence-corrected chi connectivity index (χ1v) is 5.79. The Balaban J connectivity index is 2.31. The molecule has 0 fully saturated rings. The Morgan fingerprint density at radius 2 is 2.06 bits per heavy atom. The lowest BCUT2D eigenvalue weighted by Crippen LogP contribution is -2.28. The van der Waals surface area contributed by atoms with Crippen LogP contribution in [0, 0.1) is 0 Å². The summed E-state index contributed by atoms with van der Waals surface area (Å²) in [6.07, 6.45) is 0. The summed E-state index contributed by atoms with van der Waals surface area (Å²) in [5, 5.41) is 3.42. The number of hydrogen-bond acceptors (Lipinski definition) is 3. The monoisotopic (exact) mass is 222 g/mol. The molecule has 1 aromatic rings. The van der Waals surface area contributed by atoms with E-state index < -0.39 is 0 Å². The number of hydrogen-bond donors (Lipinski definition) is 1. The zero-order chi connectivity index (χ0) is 11.8. The van der Waals surface area contributed by atoms with Gasteiger partial charge in [0.25, 0.3) is 0 Å². The molecular weight excluding hydrogens is 200 g/mol. The maximum atomic E-state index is 5.29. The third-order valence-corrected chi connectivity index (χ3v) is 2.72. The fourth-order valence-corrected chi connectivity index (χ4v) is 1.50. The Bertz CT molecular complexity index is 302. The highest BCUT2D eigenvalue weighted by atomic mass is 16.5. The van der Waals surface area contributed by atoms with Crippen LogP contribution >= 0.6 is 0 Å². The van der Waals surface area contributed by atoms with E-state index in [1.54, 1.807) is 7.11 Å². The smallest absolute Gasteiger partial charge is 0.123 e. The number of para-hydroxylation sites is 1. The van der Waals surface area contributed by atoms with Gasteiger partial charge >= 0.3 is 0 Å².